The zero-order valence-corrected chi connectivity index (χ0v) is 16.5. The summed E-state index contributed by atoms with van der Waals surface area (Å²) in [5.41, 5.74) is 1.13. The van der Waals surface area contributed by atoms with Crippen LogP contribution in [-0.4, -0.2) is 19.9 Å². The molecule has 0 atom stereocenters. The van der Waals surface area contributed by atoms with Crippen LogP contribution in [-0.2, 0) is 10.0 Å². The molecule has 0 aliphatic rings. The van der Waals surface area contributed by atoms with Gasteiger partial charge in [-0.15, -0.1) is 0 Å². The Morgan fingerprint density at radius 3 is 2.41 bits per heavy atom. The molecule has 0 fully saturated rings. The Hall–Kier alpha value is -2.64. The zero-order chi connectivity index (χ0) is 19.8. The van der Waals surface area contributed by atoms with Crippen molar-refractivity contribution in [1.29, 1.82) is 0 Å². The zero-order valence-electron chi connectivity index (χ0n) is 15.7. The second-order valence-electron chi connectivity index (χ2n) is 7.39. The number of anilines is 1. The Bertz CT molecular complexity index is 1110. The lowest BCUT2D eigenvalue weighted by Crippen LogP contribution is -2.40. The number of para-hydroxylation sites is 1. The fourth-order valence-corrected chi connectivity index (χ4v) is 4.25. The summed E-state index contributed by atoms with van der Waals surface area (Å²) in [4.78, 5) is 12.7. The minimum Gasteiger partial charge on any atom is -0.451 e. The Morgan fingerprint density at radius 1 is 1.04 bits per heavy atom. The number of benzene rings is 2. The molecule has 3 rings (SSSR count). The smallest absolute Gasteiger partial charge is 0.291 e. The molecule has 0 radical (unpaired) electrons. The summed E-state index contributed by atoms with van der Waals surface area (Å²) in [5.74, 6) is -0.223. The van der Waals surface area contributed by atoms with E-state index in [-0.39, 0.29) is 10.7 Å². The standard InChI is InChI=1S/C20H22N2O4S/c1-13-16-10-5-6-11-17(16)26-18(13)19(23)21-14-8-7-9-15(12-14)27(24,25)22-20(2,3)4/h5-12,22H,1-4H3,(H,21,23). The van der Waals surface area contributed by atoms with Crippen LogP contribution in [0.1, 0.15) is 36.9 Å². The highest BCUT2D eigenvalue weighted by Gasteiger charge is 2.23. The number of nitrogens with one attached hydrogen (secondary N) is 2. The summed E-state index contributed by atoms with van der Waals surface area (Å²) in [6.45, 7) is 7.11. The van der Waals surface area contributed by atoms with E-state index in [0.717, 1.165) is 10.9 Å². The molecule has 0 unspecified atom stereocenters. The minimum atomic E-state index is -3.69. The van der Waals surface area contributed by atoms with Crippen molar-refractivity contribution in [3.8, 4) is 0 Å². The number of carbonyl (C=O) groups is 1. The van der Waals surface area contributed by atoms with Gasteiger partial charge in [-0.2, -0.15) is 0 Å². The fourth-order valence-electron chi connectivity index (χ4n) is 2.78. The van der Waals surface area contributed by atoms with Gasteiger partial charge >= 0.3 is 0 Å². The van der Waals surface area contributed by atoms with Gasteiger partial charge in [0.25, 0.3) is 5.91 Å². The van der Waals surface area contributed by atoms with Crippen LogP contribution in [0.5, 0.6) is 0 Å². The molecule has 27 heavy (non-hydrogen) atoms. The van der Waals surface area contributed by atoms with Crippen molar-refractivity contribution in [3.05, 3.63) is 59.9 Å². The normalized spacial score (nSPS) is 12.3. The van der Waals surface area contributed by atoms with E-state index in [0.29, 0.717) is 11.3 Å². The van der Waals surface area contributed by atoms with E-state index in [2.05, 4.69) is 10.0 Å². The SMILES string of the molecule is Cc1c(C(=O)Nc2cccc(S(=O)(=O)NC(C)(C)C)c2)oc2ccccc12. The summed E-state index contributed by atoms with van der Waals surface area (Å²) in [5, 5.41) is 3.58. The largest absolute Gasteiger partial charge is 0.451 e. The monoisotopic (exact) mass is 386 g/mol. The van der Waals surface area contributed by atoms with Crippen LogP contribution < -0.4 is 10.0 Å². The number of sulfonamides is 1. The molecule has 0 aliphatic heterocycles. The fraction of sp³-hybridized carbons (Fsp3) is 0.250. The van der Waals surface area contributed by atoms with Crippen LogP contribution in [0.15, 0.2) is 57.8 Å². The molecule has 7 heteroatoms. The van der Waals surface area contributed by atoms with Gasteiger partial charge in [-0.3, -0.25) is 4.79 Å². The first-order valence-electron chi connectivity index (χ1n) is 8.50. The van der Waals surface area contributed by atoms with Gasteiger partial charge in [-0.1, -0.05) is 24.3 Å². The molecule has 0 saturated carbocycles. The average Bonchev–Trinajstić information content (AvgIpc) is 2.90. The first kappa shape index (κ1) is 19.1. The van der Waals surface area contributed by atoms with Gasteiger partial charge in [-0.25, -0.2) is 13.1 Å². The number of aryl methyl sites for hydroxylation is 1. The van der Waals surface area contributed by atoms with E-state index in [1.807, 2.05) is 25.1 Å². The summed E-state index contributed by atoms with van der Waals surface area (Å²) < 4.78 is 33.2. The van der Waals surface area contributed by atoms with Crippen molar-refractivity contribution in [2.24, 2.45) is 0 Å². The van der Waals surface area contributed by atoms with Crippen molar-refractivity contribution in [2.45, 2.75) is 38.1 Å². The third kappa shape index (κ3) is 4.20. The summed E-state index contributed by atoms with van der Waals surface area (Å²) in [7, 11) is -3.69. The molecule has 0 bridgehead atoms. The van der Waals surface area contributed by atoms with E-state index in [4.69, 9.17) is 4.42 Å². The third-order valence-electron chi connectivity index (χ3n) is 3.89. The van der Waals surface area contributed by atoms with E-state index < -0.39 is 21.5 Å². The Balaban J connectivity index is 1.88. The number of carbonyl (C=O) groups excluding carboxylic acids is 1. The lowest BCUT2D eigenvalue weighted by molar-refractivity contribution is 0.0998. The second-order valence-corrected chi connectivity index (χ2v) is 9.07. The van der Waals surface area contributed by atoms with E-state index in [1.165, 1.54) is 12.1 Å². The number of fused-ring (bicyclic) bond motifs is 1. The number of furan rings is 1. The van der Waals surface area contributed by atoms with Crippen LogP contribution in [0.2, 0.25) is 0 Å². The van der Waals surface area contributed by atoms with Crippen molar-refractivity contribution in [2.75, 3.05) is 5.32 Å². The number of rotatable bonds is 4. The topological polar surface area (TPSA) is 88.4 Å². The van der Waals surface area contributed by atoms with Crippen molar-refractivity contribution in [1.82, 2.24) is 4.72 Å². The molecule has 0 saturated heterocycles. The maximum absolute atomic E-state index is 12.6. The first-order valence-corrected chi connectivity index (χ1v) is 9.99. The summed E-state index contributed by atoms with van der Waals surface area (Å²) >= 11 is 0. The van der Waals surface area contributed by atoms with E-state index >= 15 is 0 Å². The molecular weight excluding hydrogens is 364 g/mol. The van der Waals surface area contributed by atoms with Gasteiger partial charge in [0.2, 0.25) is 10.0 Å². The molecule has 1 aromatic heterocycles. The van der Waals surface area contributed by atoms with Gasteiger partial charge in [-0.05, 0) is 52.0 Å². The van der Waals surface area contributed by atoms with Gasteiger partial charge in [0.15, 0.2) is 5.76 Å². The Kier molecular flexibility index (Phi) is 4.84. The summed E-state index contributed by atoms with van der Waals surface area (Å²) in [6, 6.07) is 13.5. The first-order chi connectivity index (χ1) is 12.6. The Morgan fingerprint density at radius 2 is 1.74 bits per heavy atom. The van der Waals surface area contributed by atoms with Gasteiger partial charge in [0.1, 0.15) is 5.58 Å². The molecule has 1 heterocycles. The van der Waals surface area contributed by atoms with E-state index in [9.17, 15) is 13.2 Å². The van der Waals surface area contributed by atoms with Crippen molar-refractivity contribution in [3.63, 3.8) is 0 Å². The highest BCUT2D eigenvalue weighted by Crippen LogP contribution is 2.26. The van der Waals surface area contributed by atoms with Gasteiger partial charge in [0, 0.05) is 22.2 Å². The average molecular weight is 386 g/mol. The Labute approximate surface area is 158 Å². The minimum absolute atomic E-state index is 0.0801. The molecule has 3 aromatic rings. The predicted octanol–water partition coefficient (Wildman–Crippen LogP) is 4.07. The van der Waals surface area contributed by atoms with Crippen LogP contribution in [0, 0.1) is 6.92 Å². The maximum Gasteiger partial charge on any atom is 0.291 e. The van der Waals surface area contributed by atoms with Gasteiger partial charge in [0.05, 0.1) is 4.90 Å². The maximum atomic E-state index is 12.6. The lowest BCUT2D eigenvalue weighted by atomic mass is 10.1. The van der Waals surface area contributed by atoms with Crippen LogP contribution in [0.3, 0.4) is 0 Å². The molecule has 6 nitrogen and oxygen atoms in total. The highest BCUT2D eigenvalue weighted by molar-refractivity contribution is 7.89. The second kappa shape index (κ2) is 6.83. The molecule has 142 valence electrons. The molecule has 1 amide bonds. The molecular formula is C20H22N2O4S. The lowest BCUT2D eigenvalue weighted by Gasteiger charge is -2.20. The molecule has 2 N–H and O–H groups in total. The number of hydrogen-bond acceptors (Lipinski definition) is 4. The summed E-state index contributed by atoms with van der Waals surface area (Å²) in [6.07, 6.45) is 0. The third-order valence-corrected chi connectivity index (χ3v) is 5.65. The van der Waals surface area contributed by atoms with E-state index in [1.54, 1.807) is 39.0 Å². The highest BCUT2D eigenvalue weighted by atomic mass is 32.2. The number of hydrogen-bond donors (Lipinski definition) is 2. The van der Waals surface area contributed by atoms with Crippen LogP contribution in [0.25, 0.3) is 11.0 Å². The molecule has 0 aliphatic carbocycles. The number of amides is 1. The quantitative estimate of drug-likeness (QED) is 0.707. The van der Waals surface area contributed by atoms with Crippen LogP contribution >= 0.6 is 0 Å². The predicted molar refractivity (Wildman–Crippen MR) is 105 cm³/mol. The van der Waals surface area contributed by atoms with Crippen LogP contribution in [0.4, 0.5) is 5.69 Å². The van der Waals surface area contributed by atoms with Gasteiger partial charge < -0.3 is 9.73 Å². The molecule has 2 aromatic carbocycles. The van der Waals surface area contributed by atoms with Crippen molar-refractivity contribution < 1.29 is 17.6 Å². The van der Waals surface area contributed by atoms with Crippen molar-refractivity contribution >= 4 is 32.6 Å². The molecule has 0 spiro atoms.